The summed E-state index contributed by atoms with van der Waals surface area (Å²) in [5.74, 6) is -0.758. The van der Waals surface area contributed by atoms with E-state index in [0.29, 0.717) is 18.6 Å². The molecule has 0 aliphatic heterocycles. The van der Waals surface area contributed by atoms with E-state index in [2.05, 4.69) is 22.8 Å². The van der Waals surface area contributed by atoms with Gasteiger partial charge >= 0.3 is 12.1 Å². The molecule has 2 aromatic rings. The minimum atomic E-state index is -0.969. The second-order valence-electron chi connectivity index (χ2n) is 8.40. The summed E-state index contributed by atoms with van der Waals surface area (Å²) in [5, 5.41) is 14.6. The van der Waals surface area contributed by atoms with Crippen LogP contribution in [-0.2, 0) is 14.3 Å². The second kappa shape index (κ2) is 12.5. The Morgan fingerprint density at radius 1 is 1.00 bits per heavy atom. The predicted octanol–water partition coefficient (Wildman–Crippen LogP) is 4.41. The first-order valence-corrected chi connectivity index (χ1v) is 13.0. The standard InChI is InChI=1S/C26H32N2O5S/c1-3-8-17(15-24(29)30)27-25(31)23(13-14-34-2)28-26(32)33-16-22-20-11-6-4-9-18(20)19-10-5-7-12-21(19)22/h4-7,9-12,17,22-23H,3,8,13-16H2,1-2H3,(H,27,31)(H,28,32)(H,29,30)/t17-,23-/m0/s1. The fourth-order valence-electron chi connectivity index (χ4n) is 4.37. The topological polar surface area (TPSA) is 105 Å². The average Bonchev–Trinajstić information content (AvgIpc) is 3.14. The molecule has 0 saturated carbocycles. The van der Waals surface area contributed by atoms with Crippen molar-refractivity contribution in [3.8, 4) is 11.1 Å². The van der Waals surface area contributed by atoms with Crippen molar-refractivity contribution in [2.75, 3.05) is 18.6 Å². The molecule has 0 spiro atoms. The normalized spacial score (nSPS) is 13.9. The molecular weight excluding hydrogens is 452 g/mol. The molecule has 182 valence electrons. The monoisotopic (exact) mass is 484 g/mol. The summed E-state index contributed by atoms with van der Waals surface area (Å²) in [4.78, 5) is 36.7. The Kier molecular flexibility index (Phi) is 9.39. The molecule has 2 aromatic carbocycles. The van der Waals surface area contributed by atoms with Crippen molar-refractivity contribution >= 4 is 29.7 Å². The van der Waals surface area contributed by atoms with Gasteiger partial charge in [0.2, 0.25) is 5.91 Å². The Balaban J connectivity index is 1.64. The quantitative estimate of drug-likeness (QED) is 0.412. The fourth-order valence-corrected chi connectivity index (χ4v) is 4.84. The number of rotatable bonds is 12. The van der Waals surface area contributed by atoms with Crippen molar-refractivity contribution in [3.05, 3.63) is 59.7 Å². The first-order chi connectivity index (χ1) is 16.4. The Morgan fingerprint density at radius 3 is 2.18 bits per heavy atom. The first-order valence-electron chi connectivity index (χ1n) is 11.6. The first kappa shape index (κ1) is 25.6. The lowest BCUT2D eigenvalue weighted by Crippen LogP contribution is -2.50. The van der Waals surface area contributed by atoms with Crippen molar-refractivity contribution in [3.63, 3.8) is 0 Å². The Labute approximate surface area is 204 Å². The largest absolute Gasteiger partial charge is 0.481 e. The van der Waals surface area contributed by atoms with Gasteiger partial charge < -0.3 is 20.5 Å². The molecule has 1 aliphatic carbocycles. The highest BCUT2D eigenvalue weighted by atomic mass is 32.2. The van der Waals surface area contributed by atoms with E-state index in [1.807, 2.05) is 49.6 Å². The summed E-state index contributed by atoms with van der Waals surface area (Å²) in [5.41, 5.74) is 4.52. The number of carbonyl (C=O) groups is 3. The number of benzene rings is 2. The lowest BCUT2D eigenvalue weighted by Gasteiger charge is -2.22. The second-order valence-corrected chi connectivity index (χ2v) is 9.38. The number of aliphatic carboxylic acids is 1. The van der Waals surface area contributed by atoms with Gasteiger partial charge in [-0.3, -0.25) is 9.59 Å². The van der Waals surface area contributed by atoms with Gasteiger partial charge in [0.15, 0.2) is 0 Å². The van der Waals surface area contributed by atoms with Crippen LogP contribution < -0.4 is 10.6 Å². The van der Waals surface area contributed by atoms with Crippen molar-refractivity contribution < 1.29 is 24.2 Å². The van der Waals surface area contributed by atoms with E-state index >= 15 is 0 Å². The van der Waals surface area contributed by atoms with Gasteiger partial charge in [0.25, 0.3) is 0 Å². The SMILES string of the molecule is CCC[C@@H](CC(=O)O)NC(=O)[C@H](CCSC)NC(=O)OCC1c2ccccc2-c2ccccc21. The molecule has 34 heavy (non-hydrogen) atoms. The molecule has 0 aromatic heterocycles. The number of carboxylic acids is 1. The highest BCUT2D eigenvalue weighted by Gasteiger charge is 2.30. The number of nitrogens with one attached hydrogen (secondary N) is 2. The Bertz CT molecular complexity index is 967. The number of thioether (sulfide) groups is 1. The molecular formula is C26H32N2O5S. The number of fused-ring (bicyclic) bond motifs is 3. The van der Waals surface area contributed by atoms with E-state index in [9.17, 15) is 14.4 Å². The van der Waals surface area contributed by atoms with Gasteiger partial charge in [-0.05, 0) is 47.1 Å². The van der Waals surface area contributed by atoms with Crippen molar-refractivity contribution in [1.29, 1.82) is 0 Å². The van der Waals surface area contributed by atoms with Gasteiger partial charge in [-0.1, -0.05) is 61.9 Å². The number of carboxylic acid groups (broad SMARTS) is 1. The minimum absolute atomic E-state index is 0.0684. The van der Waals surface area contributed by atoms with Crippen molar-refractivity contribution in [2.24, 2.45) is 0 Å². The van der Waals surface area contributed by atoms with E-state index < -0.39 is 24.1 Å². The number of amides is 2. The molecule has 1 aliphatic rings. The smallest absolute Gasteiger partial charge is 0.407 e. The van der Waals surface area contributed by atoms with E-state index in [1.165, 1.54) is 0 Å². The molecule has 0 bridgehead atoms. The zero-order chi connectivity index (χ0) is 24.5. The minimum Gasteiger partial charge on any atom is -0.481 e. The van der Waals surface area contributed by atoms with Crippen LogP contribution in [0.1, 0.15) is 49.7 Å². The third kappa shape index (κ3) is 6.53. The maximum Gasteiger partial charge on any atom is 0.407 e. The molecule has 0 heterocycles. The summed E-state index contributed by atoms with van der Waals surface area (Å²) >= 11 is 1.57. The van der Waals surface area contributed by atoms with Gasteiger partial charge in [0.05, 0.1) is 6.42 Å². The summed E-state index contributed by atoms with van der Waals surface area (Å²) in [7, 11) is 0. The molecule has 3 N–H and O–H groups in total. The molecule has 3 rings (SSSR count). The zero-order valence-electron chi connectivity index (χ0n) is 19.6. The van der Waals surface area contributed by atoms with E-state index in [-0.39, 0.29) is 24.9 Å². The van der Waals surface area contributed by atoms with Crippen LogP contribution in [0.2, 0.25) is 0 Å². The number of carbonyl (C=O) groups excluding carboxylic acids is 2. The third-order valence-electron chi connectivity index (χ3n) is 5.97. The van der Waals surface area contributed by atoms with E-state index in [1.54, 1.807) is 11.8 Å². The molecule has 7 nitrogen and oxygen atoms in total. The summed E-state index contributed by atoms with van der Waals surface area (Å²) in [6.45, 7) is 2.09. The number of hydrogen-bond donors (Lipinski definition) is 3. The average molecular weight is 485 g/mol. The fraction of sp³-hybridized carbons (Fsp3) is 0.423. The molecule has 0 radical (unpaired) electrons. The van der Waals surface area contributed by atoms with Gasteiger partial charge in [-0.2, -0.15) is 11.8 Å². The van der Waals surface area contributed by atoms with Crippen molar-refractivity contribution in [2.45, 2.75) is 50.6 Å². The van der Waals surface area contributed by atoms with E-state index in [4.69, 9.17) is 9.84 Å². The molecule has 2 amide bonds. The zero-order valence-corrected chi connectivity index (χ0v) is 20.4. The highest BCUT2D eigenvalue weighted by Crippen LogP contribution is 2.44. The number of alkyl carbamates (subject to hydrolysis) is 1. The van der Waals surface area contributed by atoms with Gasteiger partial charge in [0.1, 0.15) is 12.6 Å². The van der Waals surface area contributed by atoms with Crippen LogP contribution in [0.4, 0.5) is 4.79 Å². The van der Waals surface area contributed by atoms with Crippen LogP contribution in [0.5, 0.6) is 0 Å². The van der Waals surface area contributed by atoms with Crippen LogP contribution in [-0.4, -0.2) is 53.8 Å². The number of hydrogen-bond acceptors (Lipinski definition) is 5. The number of ether oxygens (including phenoxy) is 1. The molecule has 0 saturated heterocycles. The van der Waals surface area contributed by atoms with Gasteiger partial charge in [0, 0.05) is 12.0 Å². The highest BCUT2D eigenvalue weighted by molar-refractivity contribution is 7.98. The van der Waals surface area contributed by atoms with Crippen molar-refractivity contribution in [1.82, 2.24) is 10.6 Å². The van der Waals surface area contributed by atoms with Gasteiger partial charge in [-0.15, -0.1) is 0 Å². The molecule has 0 unspecified atom stereocenters. The predicted molar refractivity (Wildman–Crippen MR) is 134 cm³/mol. The Hall–Kier alpha value is -3.00. The lowest BCUT2D eigenvalue weighted by atomic mass is 9.98. The molecule has 2 atom stereocenters. The summed E-state index contributed by atoms with van der Waals surface area (Å²) in [6.07, 6.45) is 2.83. The summed E-state index contributed by atoms with van der Waals surface area (Å²) in [6, 6.07) is 14.9. The lowest BCUT2D eigenvalue weighted by molar-refractivity contribution is -0.137. The Morgan fingerprint density at radius 2 is 1.62 bits per heavy atom. The van der Waals surface area contributed by atoms with Crippen LogP contribution in [0.3, 0.4) is 0 Å². The molecule has 0 fully saturated rings. The van der Waals surface area contributed by atoms with Crippen LogP contribution in [0.25, 0.3) is 11.1 Å². The van der Waals surface area contributed by atoms with Crippen LogP contribution >= 0.6 is 11.8 Å². The molecule has 8 heteroatoms. The summed E-state index contributed by atoms with van der Waals surface area (Å²) < 4.78 is 5.59. The van der Waals surface area contributed by atoms with E-state index in [0.717, 1.165) is 28.7 Å². The van der Waals surface area contributed by atoms with Gasteiger partial charge in [-0.25, -0.2) is 4.79 Å². The maximum atomic E-state index is 12.9. The third-order valence-corrected chi connectivity index (χ3v) is 6.61. The van der Waals surface area contributed by atoms with Crippen LogP contribution in [0, 0.1) is 0 Å². The maximum absolute atomic E-state index is 12.9. The van der Waals surface area contributed by atoms with Crippen LogP contribution in [0.15, 0.2) is 48.5 Å².